The van der Waals surface area contributed by atoms with Crippen LogP contribution in [0.5, 0.6) is 5.75 Å². The van der Waals surface area contributed by atoms with E-state index in [1.165, 1.54) is 31.7 Å². The maximum atomic E-state index is 13.8. The second-order valence-corrected chi connectivity index (χ2v) is 8.04. The van der Waals surface area contributed by atoms with Crippen molar-refractivity contribution < 1.29 is 9.13 Å². The molecule has 4 atom stereocenters. The lowest BCUT2D eigenvalue weighted by Crippen LogP contribution is -2.24. The van der Waals surface area contributed by atoms with E-state index >= 15 is 0 Å². The van der Waals surface area contributed by atoms with Crippen LogP contribution in [-0.2, 0) is 6.61 Å². The summed E-state index contributed by atoms with van der Waals surface area (Å²) < 4.78 is 21.7. The molecule has 134 valence electrons. The highest BCUT2D eigenvalue weighted by Crippen LogP contribution is 2.52. The maximum absolute atomic E-state index is 13.8. The zero-order valence-electron chi connectivity index (χ0n) is 14.7. The molecule has 2 fully saturated rings. The summed E-state index contributed by atoms with van der Waals surface area (Å²) in [6, 6.07) is 6.84. The molecule has 2 saturated carbocycles. The minimum Gasteiger partial charge on any atom is -0.483 e. The van der Waals surface area contributed by atoms with E-state index in [-0.39, 0.29) is 18.2 Å². The topological polar surface area (TPSA) is 39.9 Å². The normalized spacial score (nSPS) is 26.1. The molecule has 2 aromatic rings. The van der Waals surface area contributed by atoms with Crippen LogP contribution in [0.1, 0.15) is 44.5 Å². The first-order valence-corrected chi connectivity index (χ1v) is 10.2. The summed E-state index contributed by atoms with van der Waals surface area (Å²) in [5.41, 5.74) is 0. The van der Waals surface area contributed by atoms with E-state index in [2.05, 4.69) is 21.7 Å². The average Bonchev–Trinajstić information content (AvgIpc) is 3.35. The Balaban J connectivity index is 1.55. The molecule has 2 bridgehead atoms. The average molecular weight is 361 g/mol. The van der Waals surface area contributed by atoms with Gasteiger partial charge in [-0.2, -0.15) is 0 Å². The fourth-order valence-electron chi connectivity index (χ4n) is 4.73. The van der Waals surface area contributed by atoms with Gasteiger partial charge in [-0.15, -0.1) is 10.2 Å². The van der Waals surface area contributed by atoms with E-state index in [0.29, 0.717) is 12.0 Å². The third kappa shape index (κ3) is 3.16. The van der Waals surface area contributed by atoms with Crippen molar-refractivity contribution in [2.75, 3.05) is 6.26 Å². The van der Waals surface area contributed by atoms with Crippen LogP contribution < -0.4 is 4.74 Å². The Bertz CT molecular complexity index is 750. The summed E-state index contributed by atoms with van der Waals surface area (Å²) in [5.74, 6) is 3.12. The van der Waals surface area contributed by atoms with Gasteiger partial charge in [0.25, 0.3) is 0 Å². The SMILES string of the molecule is CSc1nnc(COc2ccccc2F)n1C(C)C1CC2CCC1C2. The minimum atomic E-state index is -0.347. The molecule has 0 radical (unpaired) electrons. The summed E-state index contributed by atoms with van der Waals surface area (Å²) in [5, 5.41) is 9.58. The third-order valence-corrected chi connectivity index (χ3v) is 6.57. The van der Waals surface area contributed by atoms with Crippen LogP contribution in [-0.4, -0.2) is 21.0 Å². The van der Waals surface area contributed by atoms with E-state index < -0.39 is 0 Å². The largest absolute Gasteiger partial charge is 0.483 e. The van der Waals surface area contributed by atoms with Crippen LogP contribution in [0.3, 0.4) is 0 Å². The van der Waals surface area contributed by atoms with Gasteiger partial charge in [-0.3, -0.25) is 0 Å². The van der Waals surface area contributed by atoms with Crippen molar-refractivity contribution in [1.29, 1.82) is 0 Å². The molecule has 6 heteroatoms. The molecule has 2 aliphatic carbocycles. The molecule has 4 unspecified atom stereocenters. The number of para-hydroxylation sites is 1. The lowest BCUT2D eigenvalue weighted by molar-refractivity contribution is 0.215. The number of rotatable bonds is 6. The molecule has 1 aromatic carbocycles. The van der Waals surface area contributed by atoms with Gasteiger partial charge in [0.15, 0.2) is 22.5 Å². The van der Waals surface area contributed by atoms with E-state index in [9.17, 15) is 4.39 Å². The minimum absolute atomic E-state index is 0.236. The Kier molecular flexibility index (Phi) is 4.71. The quantitative estimate of drug-likeness (QED) is 0.698. The van der Waals surface area contributed by atoms with Crippen molar-refractivity contribution in [2.45, 2.75) is 50.4 Å². The van der Waals surface area contributed by atoms with Crippen molar-refractivity contribution in [3.63, 3.8) is 0 Å². The number of fused-ring (bicyclic) bond motifs is 2. The summed E-state index contributed by atoms with van der Waals surface area (Å²) >= 11 is 1.61. The number of hydrogen-bond acceptors (Lipinski definition) is 4. The Morgan fingerprint density at radius 3 is 2.80 bits per heavy atom. The van der Waals surface area contributed by atoms with E-state index in [1.54, 1.807) is 30.0 Å². The molecule has 1 heterocycles. The number of thioether (sulfide) groups is 1. The number of ether oxygens (including phenoxy) is 1. The predicted octanol–water partition coefficient (Wildman–Crippen LogP) is 4.72. The molecule has 4 rings (SSSR count). The molecular weight excluding hydrogens is 337 g/mol. The molecule has 0 spiro atoms. The number of hydrogen-bond donors (Lipinski definition) is 0. The van der Waals surface area contributed by atoms with Crippen LogP contribution in [0, 0.1) is 23.6 Å². The molecule has 0 N–H and O–H groups in total. The molecule has 4 nitrogen and oxygen atoms in total. The molecular formula is C19H24FN3OS. The zero-order chi connectivity index (χ0) is 17.4. The van der Waals surface area contributed by atoms with Crippen molar-refractivity contribution >= 4 is 11.8 Å². The molecule has 2 aliphatic rings. The second kappa shape index (κ2) is 6.98. The lowest BCUT2D eigenvalue weighted by Gasteiger charge is -2.30. The lowest BCUT2D eigenvalue weighted by atomic mass is 9.84. The van der Waals surface area contributed by atoms with E-state index in [0.717, 1.165) is 22.8 Å². The second-order valence-electron chi connectivity index (χ2n) is 7.27. The van der Waals surface area contributed by atoms with Gasteiger partial charge in [-0.1, -0.05) is 30.3 Å². The Hall–Kier alpha value is -1.56. The molecule has 0 saturated heterocycles. The highest BCUT2D eigenvalue weighted by atomic mass is 32.2. The fourth-order valence-corrected chi connectivity index (χ4v) is 5.33. The Labute approximate surface area is 152 Å². The number of benzene rings is 1. The monoisotopic (exact) mass is 361 g/mol. The fraction of sp³-hybridized carbons (Fsp3) is 0.579. The number of nitrogens with zero attached hydrogens (tertiary/aromatic N) is 3. The Morgan fingerprint density at radius 1 is 1.28 bits per heavy atom. The maximum Gasteiger partial charge on any atom is 0.191 e. The predicted molar refractivity (Wildman–Crippen MR) is 96.2 cm³/mol. The molecule has 1 aromatic heterocycles. The van der Waals surface area contributed by atoms with Gasteiger partial charge in [0.1, 0.15) is 6.61 Å². The van der Waals surface area contributed by atoms with Gasteiger partial charge in [-0.05, 0) is 62.3 Å². The van der Waals surface area contributed by atoms with Crippen molar-refractivity contribution in [2.24, 2.45) is 17.8 Å². The van der Waals surface area contributed by atoms with Crippen LogP contribution in [0.2, 0.25) is 0 Å². The van der Waals surface area contributed by atoms with Crippen LogP contribution in [0.25, 0.3) is 0 Å². The standard InChI is InChI=1S/C19H24FN3OS/c1-12(15-10-13-7-8-14(15)9-13)23-18(21-22-19(23)25-2)11-24-17-6-4-3-5-16(17)20/h3-6,12-15H,7-11H2,1-2H3. The third-order valence-electron chi connectivity index (χ3n) is 5.93. The van der Waals surface area contributed by atoms with Crippen LogP contribution in [0.15, 0.2) is 29.4 Å². The number of aromatic nitrogens is 3. The van der Waals surface area contributed by atoms with Gasteiger partial charge >= 0.3 is 0 Å². The van der Waals surface area contributed by atoms with Gasteiger partial charge < -0.3 is 9.30 Å². The van der Waals surface area contributed by atoms with Gasteiger partial charge in [0.05, 0.1) is 0 Å². The highest BCUT2D eigenvalue weighted by molar-refractivity contribution is 7.98. The van der Waals surface area contributed by atoms with Crippen LogP contribution >= 0.6 is 11.8 Å². The van der Waals surface area contributed by atoms with Crippen molar-refractivity contribution in [1.82, 2.24) is 14.8 Å². The van der Waals surface area contributed by atoms with Crippen LogP contribution in [0.4, 0.5) is 4.39 Å². The first-order valence-electron chi connectivity index (χ1n) is 9.02. The number of halogens is 1. The Morgan fingerprint density at radius 2 is 2.12 bits per heavy atom. The van der Waals surface area contributed by atoms with Gasteiger partial charge in [0, 0.05) is 6.04 Å². The van der Waals surface area contributed by atoms with Crippen molar-refractivity contribution in [3.8, 4) is 5.75 Å². The highest BCUT2D eigenvalue weighted by Gasteiger charge is 2.43. The molecule has 0 amide bonds. The smallest absolute Gasteiger partial charge is 0.191 e. The summed E-state index contributed by atoms with van der Waals surface area (Å²) in [6.45, 7) is 2.51. The first-order chi connectivity index (χ1) is 12.2. The zero-order valence-corrected chi connectivity index (χ0v) is 15.5. The molecule has 0 aliphatic heterocycles. The van der Waals surface area contributed by atoms with E-state index in [4.69, 9.17) is 4.74 Å². The van der Waals surface area contributed by atoms with Gasteiger partial charge in [-0.25, -0.2) is 4.39 Å². The van der Waals surface area contributed by atoms with Gasteiger partial charge in [0.2, 0.25) is 0 Å². The molecule has 25 heavy (non-hydrogen) atoms. The summed E-state index contributed by atoms with van der Waals surface area (Å²) in [6.07, 6.45) is 7.47. The van der Waals surface area contributed by atoms with E-state index in [1.807, 2.05) is 6.26 Å². The first kappa shape index (κ1) is 16.9. The summed E-state index contributed by atoms with van der Waals surface area (Å²) in [4.78, 5) is 0. The summed E-state index contributed by atoms with van der Waals surface area (Å²) in [7, 11) is 0. The van der Waals surface area contributed by atoms with Crippen molar-refractivity contribution in [3.05, 3.63) is 35.9 Å².